The fourth-order valence-corrected chi connectivity index (χ4v) is 2.53. The van der Waals surface area contributed by atoms with Crippen molar-refractivity contribution < 1.29 is 14.3 Å². The van der Waals surface area contributed by atoms with Crippen LogP contribution in [0.25, 0.3) is 0 Å². The van der Waals surface area contributed by atoms with Crippen molar-refractivity contribution in [3.63, 3.8) is 0 Å². The van der Waals surface area contributed by atoms with Crippen LogP contribution in [0.15, 0.2) is 12.1 Å². The molecular formula is C14H19FN2O2. The first kappa shape index (κ1) is 13.6. The van der Waals surface area contributed by atoms with E-state index in [1.807, 2.05) is 0 Å². The van der Waals surface area contributed by atoms with E-state index in [4.69, 9.17) is 10.8 Å². The zero-order chi connectivity index (χ0) is 13.8. The van der Waals surface area contributed by atoms with E-state index in [0.29, 0.717) is 0 Å². The van der Waals surface area contributed by atoms with Crippen molar-refractivity contribution in [2.75, 3.05) is 11.1 Å². The zero-order valence-corrected chi connectivity index (χ0v) is 10.8. The summed E-state index contributed by atoms with van der Waals surface area (Å²) in [6.07, 6.45) is 6.66. The third-order valence-electron chi connectivity index (χ3n) is 3.58. The lowest BCUT2D eigenvalue weighted by Crippen LogP contribution is -2.19. The summed E-state index contributed by atoms with van der Waals surface area (Å²) < 4.78 is 13.8. The summed E-state index contributed by atoms with van der Waals surface area (Å²) in [5.74, 6) is -1.63. The number of benzene rings is 1. The van der Waals surface area contributed by atoms with Crippen LogP contribution in [0, 0.1) is 5.82 Å². The van der Waals surface area contributed by atoms with Crippen molar-refractivity contribution in [1.82, 2.24) is 0 Å². The molecule has 1 aliphatic carbocycles. The molecule has 0 radical (unpaired) electrons. The van der Waals surface area contributed by atoms with Gasteiger partial charge >= 0.3 is 5.97 Å². The minimum Gasteiger partial charge on any atom is -0.478 e. The highest BCUT2D eigenvalue weighted by atomic mass is 19.1. The number of nitrogen functional groups attached to an aromatic ring is 1. The molecule has 1 fully saturated rings. The number of carboxylic acid groups (broad SMARTS) is 1. The predicted molar refractivity (Wildman–Crippen MR) is 72.9 cm³/mol. The number of halogens is 1. The van der Waals surface area contributed by atoms with Crippen LogP contribution >= 0.6 is 0 Å². The lowest BCUT2D eigenvalue weighted by Gasteiger charge is -2.19. The number of aromatic carboxylic acids is 1. The molecule has 0 spiro atoms. The summed E-state index contributed by atoms with van der Waals surface area (Å²) >= 11 is 0. The van der Waals surface area contributed by atoms with Crippen LogP contribution in [0.4, 0.5) is 15.8 Å². The average molecular weight is 266 g/mol. The second-order valence-electron chi connectivity index (χ2n) is 5.06. The van der Waals surface area contributed by atoms with E-state index in [2.05, 4.69) is 5.32 Å². The summed E-state index contributed by atoms with van der Waals surface area (Å²) in [5.41, 5.74) is 5.63. The van der Waals surface area contributed by atoms with Crippen LogP contribution in [0.3, 0.4) is 0 Å². The van der Waals surface area contributed by atoms with E-state index in [1.165, 1.54) is 18.9 Å². The van der Waals surface area contributed by atoms with Crippen LogP contribution < -0.4 is 11.1 Å². The van der Waals surface area contributed by atoms with Gasteiger partial charge in [-0.2, -0.15) is 0 Å². The molecule has 1 aromatic rings. The highest BCUT2D eigenvalue weighted by molar-refractivity contribution is 5.94. The van der Waals surface area contributed by atoms with E-state index in [1.54, 1.807) is 0 Å². The SMILES string of the molecule is Nc1cc(F)c(NC2CCCCCC2)cc1C(=O)O. The van der Waals surface area contributed by atoms with Gasteiger partial charge in [0.15, 0.2) is 0 Å². The molecule has 0 amide bonds. The van der Waals surface area contributed by atoms with Gasteiger partial charge in [0.1, 0.15) is 5.82 Å². The molecule has 0 aromatic heterocycles. The Morgan fingerprint density at radius 1 is 1.26 bits per heavy atom. The maximum absolute atomic E-state index is 13.8. The summed E-state index contributed by atoms with van der Waals surface area (Å²) in [7, 11) is 0. The molecule has 19 heavy (non-hydrogen) atoms. The van der Waals surface area contributed by atoms with Gasteiger partial charge in [-0.25, -0.2) is 9.18 Å². The number of carboxylic acids is 1. The molecule has 4 nitrogen and oxygen atoms in total. The Balaban J connectivity index is 2.19. The molecule has 2 rings (SSSR count). The predicted octanol–water partition coefficient (Wildman–Crippen LogP) is 3.24. The topological polar surface area (TPSA) is 75.3 Å². The number of anilines is 2. The molecule has 1 saturated carbocycles. The second-order valence-corrected chi connectivity index (χ2v) is 5.06. The summed E-state index contributed by atoms with van der Waals surface area (Å²) in [5, 5.41) is 12.1. The van der Waals surface area contributed by atoms with Crippen LogP contribution in [0.5, 0.6) is 0 Å². The monoisotopic (exact) mass is 266 g/mol. The lowest BCUT2D eigenvalue weighted by atomic mass is 10.1. The van der Waals surface area contributed by atoms with E-state index in [9.17, 15) is 9.18 Å². The van der Waals surface area contributed by atoms with Crippen molar-refractivity contribution in [2.45, 2.75) is 44.6 Å². The lowest BCUT2D eigenvalue weighted by molar-refractivity contribution is 0.0698. The summed E-state index contributed by atoms with van der Waals surface area (Å²) in [4.78, 5) is 11.0. The molecule has 1 aliphatic rings. The number of hydrogen-bond acceptors (Lipinski definition) is 3. The van der Waals surface area contributed by atoms with Crippen LogP contribution in [-0.2, 0) is 0 Å². The number of rotatable bonds is 3. The van der Waals surface area contributed by atoms with Crippen molar-refractivity contribution >= 4 is 17.3 Å². The first-order chi connectivity index (χ1) is 9.08. The highest BCUT2D eigenvalue weighted by Gasteiger charge is 2.17. The Labute approximate surface area is 111 Å². The van der Waals surface area contributed by atoms with E-state index >= 15 is 0 Å². The van der Waals surface area contributed by atoms with Gasteiger partial charge in [-0.3, -0.25) is 0 Å². The largest absolute Gasteiger partial charge is 0.478 e. The van der Waals surface area contributed by atoms with Crippen molar-refractivity contribution in [1.29, 1.82) is 0 Å². The van der Waals surface area contributed by atoms with Crippen molar-refractivity contribution in [3.8, 4) is 0 Å². The smallest absolute Gasteiger partial charge is 0.337 e. The van der Waals surface area contributed by atoms with Gasteiger partial charge in [0.2, 0.25) is 0 Å². The van der Waals surface area contributed by atoms with Crippen LogP contribution in [-0.4, -0.2) is 17.1 Å². The Bertz CT molecular complexity index is 469. The summed E-state index contributed by atoms with van der Waals surface area (Å²) in [6, 6.07) is 2.57. The standard InChI is InChI=1S/C14H19FN2O2/c15-11-8-12(16)10(14(18)19)7-13(11)17-9-5-3-1-2-4-6-9/h7-9,17H,1-6,16H2,(H,18,19). The molecule has 5 heteroatoms. The Morgan fingerprint density at radius 2 is 1.89 bits per heavy atom. The van der Waals surface area contributed by atoms with Crippen LogP contribution in [0.1, 0.15) is 48.9 Å². The van der Waals surface area contributed by atoms with Gasteiger partial charge < -0.3 is 16.2 Å². The van der Waals surface area contributed by atoms with Gasteiger partial charge in [-0.1, -0.05) is 25.7 Å². The molecule has 4 N–H and O–H groups in total. The zero-order valence-electron chi connectivity index (χ0n) is 10.8. The first-order valence-electron chi connectivity index (χ1n) is 6.67. The molecule has 0 heterocycles. The molecule has 0 aliphatic heterocycles. The average Bonchev–Trinajstić information content (AvgIpc) is 2.60. The maximum atomic E-state index is 13.8. The molecule has 0 atom stereocenters. The van der Waals surface area contributed by atoms with Crippen molar-refractivity contribution in [2.24, 2.45) is 0 Å². The fraction of sp³-hybridized carbons (Fsp3) is 0.500. The van der Waals surface area contributed by atoms with Gasteiger partial charge in [0.05, 0.1) is 11.3 Å². The molecule has 0 unspecified atom stereocenters. The molecule has 1 aromatic carbocycles. The van der Waals surface area contributed by atoms with E-state index < -0.39 is 11.8 Å². The Morgan fingerprint density at radius 3 is 2.47 bits per heavy atom. The minimum atomic E-state index is -1.14. The molecular weight excluding hydrogens is 247 g/mol. The Kier molecular flexibility index (Phi) is 4.24. The summed E-state index contributed by atoms with van der Waals surface area (Å²) in [6.45, 7) is 0. The Hall–Kier alpha value is -1.78. The fourth-order valence-electron chi connectivity index (χ4n) is 2.53. The van der Waals surface area contributed by atoms with Gasteiger partial charge in [-0.05, 0) is 25.0 Å². The first-order valence-corrected chi connectivity index (χ1v) is 6.67. The quantitative estimate of drug-likeness (QED) is 0.580. The van der Waals surface area contributed by atoms with Gasteiger partial charge in [0.25, 0.3) is 0 Å². The maximum Gasteiger partial charge on any atom is 0.337 e. The number of hydrogen-bond donors (Lipinski definition) is 3. The van der Waals surface area contributed by atoms with Crippen molar-refractivity contribution in [3.05, 3.63) is 23.5 Å². The van der Waals surface area contributed by atoms with Gasteiger partial charge in [-0.15, -0.1) is 0 Å². The number of nitrogens with two attached hydrogens (primary N) is 1. The normalized spacial score (nSPS) is 16.9. The molecule has 0 bridgehead atoms. The van der Waals surface area contributed by atoms with E-state index in [0.717, 1.165) is 31.7 Å². The number of nitrogens with one attached hydrogen (secondary N) is 1. The third kappa shape index (κ3) is 3.36. The minimum absolute atomic E-state index is 0.0450. The van der Waals surface area contributed by atoms with E-state index in [-0.39, 0.29) is 23.0 Å². The molecule has 104 valence electrons. The number of carbonyl (C=O) groups is 1. The van der Waals surface area contributed by atoms with Crippen LogP contribution in [0.2, 0.25) is 0 Å². The third-order valence-corrected chi connectivity index (χ3v) is 3.58. The highest BCUT2D eigenvalue weighted by Crippen LogP contribution is 2.26. The second kappa shape index (κ2) is 5.91. The molecule has 0 saturated heterocycles. The van der Waals surface area contributed by atoms with Gasteiger partial charge in [0, 0.05) is 11.7 Å².